The third-order valence-corrected chi connectivity index (χ3v) is 1.73. The minimum absolute atomic E-state index is 0.500. The van der Waals surface area contributed by atoms with Crippen molar-refractivity contribution < 1.29 is 0 Å². The molecule has 0 atom stereocenters. The Bertz CT molecular complexity index is 52.4. The van der Waals surface area contributed by atoms with E-state index in [4.69, 9.17) is 0 Å². The van der Waals surface area contributed by atoms with Gasteiger partial charge in [0.25, 0.3) is 0 Å². The van der Waals surface area contributed by atoms with Crippen molar-refractivity contribution in [2.24, 2.45) is 0 Å². The third kappa shape index (κ3) is 2.90. The fraction of sp³-hybridized carbons (Fsp3) is 1.00. The second-order valence-corrected chi connectivity index (χ2v) is 3.52. The summed E-state index contributed by atoms with van der Waals surface area (Å²) in [5.74, 6) is 0. The molecule has 0 rings (SSSR count). The third-order valence-electron chi connectivity index (χ3n) is 1.73. The molecule has 0 amide bonds. The molecule has 0 radical (unpaired) electrons. The van der Waals surface area contributed by atoms with E-state index in [0.717, 1.165) is 5.72 Å². The molecule has 36 valence electrons. The van der Waals surface area contributed by atoms with E-state index in [2.05, 4.69) is 38.3 Å². The van der Waals surface area contributed by atoms with Crippen LogP contribution in [0.3, 0.4) is 0 Å². The van der Waals surface area contributed by atoms with Crippen LogP contribution in [0.5, 0.6) is 0 Å². The Kier molecular flexibility index (Phi) is 2.09. The zero-order valence-electron chi connectivity index (χ0n) is 6.08. The van der Waals surface area contributed by atoms with E-state index in [1.165, 1.54) is 0 Å². The van der Waals surface area contributed by atoms with Gasteiger partial charge in [-0.2, -0.15) is 0 Å². The first-order valence-corrected chi connectivity index (χ1v) is 2.94. The molecule has 0 saturated heterocycles. The lowest BCUT2D eigenvalue weighted by atomic mass is 9.39. The number of hydrogen-bond donors (Lipinski definition) is 0. The van der Waals surface area contributed by atoms with E-state index in [1.807, 2.05) is 0 Å². The van der Waals surface area contributed by atoms with E-state index in [1.54, 1.807) is 0 Å². The van der Waals surface area contributed by atoms with Gasteiger partial charge in [0.2, 0.25) is 0 Å². The average molecular weight is 91.4 g/mol. The highest BCUT2D eigenvalue weighted by molar-refractivity contribution is 6.51. The molecule has 4 heteroatoms. The minimum Gasteiger partial charge on any atom is -0.105 e. The van der Waals surface area contributed by atoms with E-state index < -0.39 is 0 Å². The molecule has 0 aliphatic heterocycles. The normalized spacial score (nSPS) is 12.3. The molecule has 0 aromatic carbocycles. The summed E-state index contributed by atoms with van der Waals surface area (Å²) in [6.07, 6.45) is 0. The molecule has 0 nitrogen and oxygen atoms in total. The van der Waals surface area contributed by atoms with Gasteiger partial charge in [-0.05, 0) is 0 Å². The first-order valence-electron chi connectivity index (χ1n) is 2.94. The molecule has 0 heterocycles. The van der Waals surface area contributed by atoms with Crippen LogP contribution in [-0.4, -0.2) is 31.4 Å². The molecular weight excluding hydrogens is 79.3 g/mol. The van der Waals surface area contributed by atoms with E-state index in [-0.39, 0.29) is 0 Å². The first-order chi connectivity index (χ1) is 2.94. The molecule has 0 aliphatic carbocycles. The van der Waals surface area contributed by atoms with E-state index in [9.17, 15) is 0 Å². The van der Waals surface area contributed by atoms with Gasteiger partial charge in [-0.3, -0.25) is 0 Å². The minimum atomic E-state index is 0.500. The number of hydrogen-bond acceptors (Lipinski definition) is 0. The molecule has 0 aromatic heterocycles. The summed E-state index contributed by atoms with van der Waals surface area (Å²) in [5, 5.41) is 0.500. The van der Waals surface area contributed by atoms with E-state index >= 15 is 0 Å². The SMILES string of the molecule is BC(B)C(B)(B)C. The Balaban J connectivity index is 3.54. The zero-order valence-corrected chi connectivity index (χ0v) is 6.08. The molecule has 0 saturated carbocycles. The van der Waals surface area contributed by atoms with Gasteiger partial charge in [-0.1, -0.05) is 12.1 Å². The highest BCUT2D eigenvalue weighted by Crippen LogP contribution is 2.25. The summed E-state index contributed by atoms with van der Waals surface area (Å²) in [6, 6.07) is 0. The second-order valence-electron chi connectivity index (χ2n) is 3.52. The van der Waals surface area contributed by atoms with Crippen molar-refractivity contribution in [3.8, 4) is 0 Å². The zero-order chi connectivity index (χ0) is 6.08. The van der Waals surface area contributed by atoms with Crippen LogP contribution in [-0.2, 0) is 0 Å². The fourth-order valence-corrected chi connectivity index (χ4v) is 0. The van der Waals surface area contributed by atoms with Crippen LogP contribution < -0.4 is 0 Å². The lowest BCUT2D eigenvalue weighted by Crippen LogP contribution is -2.15. The maximum Gasteiger partial charge on any atom is 0.0975 e. The van der Waals surface area contributed by atoms with Crippen LogP contribution >= 0.6 is 0 Å². The van der Waals surface area contributed by atoms with Crippen molar-refractivity contribution in [1.82, 2.24) is 0 Å². The summed E-state index contributed by atoms with van der Waals surface area (Å²) in [4.78, 5) is 0. The molecule has 0 unspecified atom stereocenters. The van der Waals surface area contributed by atoms with Gasteiger partial charge in [0.15, 0.2) is 0 Å². The van der Waals surface area contributed by atoms with E-state index in [0.29, 0.717) is 5.21 Å². The molecule has 0 aliphatic rings. The highest BCUT2D eigenvalue weighted by Gasteiger charge is 2.14. The van der Waals surface area contributed by atoms with Crippen LogP contribution in [0.4, 0.5) is 0 Å². The highest BCUT2D eigenvalue weighted by atomic mass is 13.9. The summed E-state index contributed by atoms with van der Waals surface area (Å²) >= 11 is 0. The Hall–Kier alpha value is 0.260. The maximum absolute atomic E-state index is 2.26. The van der Waals surface area contributed by atoms with Crippen LogP contribution in [0.1, 0.15) is 6.92 Å². The fourth-order valence-electron chi connectivity index (χ4n) is 0. The molecule has 0 fully saturated rings. The molecular formula is C3H12B4. The smallest absolute Gasteiger partial charge is 0.0975 e. The van der Waals surface area contributed by atoms with Gasteiger partial charge >= 0.3 is 0 Å². The summed E-state index contributed by atoms with van der Waals surface area (Å²) in [6.45, 7) is 2.26. The largest absolute Gasteiger partial charge is 0.105 e. The lowest BCUT2D eigenvalue weighted by Gasteiger charge is -2.22. The van der Waals surface area contributed by atoms with Gasteiger partial charge in [0.1, 0.15) is 0 Å². The quantitative estimate of drug-likeness (QED) is 0.311. The van der Waals surface area contributed by atoms with Crippen molar-refractivity contribution in [3.05, 3.63) is 0 Å². The van der Waals surface area contributed by atoms with Crippen molar-refractivity contribution in [3.63, 3.8) is 0 Å². The topological polar surface area (TPSA) is 0 Å². The Morgan fingerprint density at radius 2 is 1.43 bits per heavy atom. The molecule has 0 aromatic rings. The molecule has 0 bridgehead atoms. The van der Waals surface area contributed by atoms with Crippen LogP contribution in [0.15, 0.2) is 0 Å². The summed E-state index contributed by atoms with van der Waals surface area (Å²) < 4.78 is 0. The molecule has 0 spiro atoms. The van der Waals surface area contributed by atoms with Crippen molar-refractivity contribution >= 4 is 31.4 Å². The second kappa shape index (κ2) is 2.02. The van der Waals surface area contributed by atoms with Crippen molar-refractivity contribution in [2.75, 3.05) is 0 Å². The van der Waals surface area contributed by atoms with Gasteiger partial charge < -0.3 is 0 Å². The predicted molar refractivity (Wildman–Crippen MR) is 46.3 cm³/mol. The van der Waals surface area contributed by atoms with Gasteiger partial charge in [0, 0.05) is 0 Å². The standard InChI is InChI=1S/C3H12B4/c1-3(6,7)2(4)5/h2H,4-7H2,1H3. The summed E-state index contributed by atoms with van der Waals surface area (Å²) in [5.41, 5.74) is 0.799. The van der Waals surface area contributed by atoms with Gasteiger partial charge in [-0.25, -0.2) is 0 Å². The van der Waals surface area contributed by atoms with Crippen molar-refractivity contribution in [1.29, 1.82) is 0 Å². The van der Waals surface area contributed by atoms with Gasteiger partial charge in [0.05, 0.1) is 31.4 Å². The van der Waals surface area contributed by atoms with Crippen LogP contribution in [0.2, 0.25) is 10.9 Å². The Morgan fingerprint density at radius 1 is 1.29 bits per heavy atom. The lowest BCUT2D eigenvalue weighted by molar-refractivity contribution is 0.917. The van der Waals surface area contributed by atoms with Crippen molar-refractivity contribution in [2.45, 2.75) is 17.9 Å². The Labute approximate surface area is 50.1 Å². The maximum atomic E-state index is 2.26. The first kappa shape index (κ1) is 7.26. The van der Waals surface area contributed by atoms with Crippen LogP contribution in [0, 0.1) is 0 Å². The number of rotatable bonds is 1. The van der Waals surface area contributed by atoms with Crippen LogP contribution in [0.25, 0.3) is 0 Å². The predicted octanol–water partition coefficient (Wildman–Crippen LogP) is -2.60. The average Bonchev–Trinajstić information content (AvgIpc) is 1.31. The molecule has 7 heavy (non-hydrogen) atoms. The van der Waals surface area contributed by atoms with Gasteiger partial charge in [-0.15, -0.1) is 5.72 Å². The Morgan fingerprint density at radius 3 is 1.43 bits per heavy atom. The molecule has 0 N–H and O–H groups in total. The monoisotopic (exact) mass is 92.1 g/mol. The summed E-state index contributed by atoms with van der Waals surface area (Å²) in [7, 11) is 9.02.